The average molecular weight is 602 g/mol. The third-order valence-electron chi connectivity index (χ3n) is 8.65. The van der Waals surface area contributed by atoms with Gasteiger partial charge in [-0.05, 0) is 81.3 Å². The molecule has 6 rings (SSSR count). The summed E-state index contributed by atoms with van der Waals surface area (Å²) in [5.41, 5.74) is 10.1. The van der Waals surface area contributed by atoms with Crippen molar-refractivity contribution in [2.45, 2.75) is 54.0 Å². The van der Waals surface area contributed by atoms with Gasteiger partial charge in [0.15, 0.2) is 0 Å². The summed E-state index contributed by atoms with van der Waals surface area (Å²) in [5.74, 6) is 0.271. The number of rotatable bonds is 7. The second kappa shape index (κ2) is 15.4. The van der Waals surface area contributed by atoms with Gasteiger partial charge in [-0.25, -0.2) is 0 Å². The van der Waals surface area contributed by atoms with Crippen molar-refractivity contribution in [3.05, 3.63) is 162 Å². The minimum absolute atomic E-state index is 0.271. The molecule has 2 unspecified atom stereocenters. The van der Waals surface area contributed by atoms with Crippen LogP contribution in [0.4, 0.5) is 0 Å². The topological polar surface area (TPSA) is 12.0 Å². The van der Waals surface area contributed by atoms with Crippen molar-refractivity contribution in [3.8, 4) is 22.3 Å². The monoisotopic (exact) mass is 601 g/mol. The Hall–Kier alpha value is -4.88. The maximum absolute atomic E-state index is 3.60. The summed E-state index contributed by atoms with van der Waals surface area (Å²) in [6.45, 7) is 13.0. The summed E-state index contributed by atoms with van der Waals surface area (Å²) in [6, 6.07) is 46.5. The number of benzene rings is 4. The van der Waals surface area contributed by atoms with Crippen LogP contribution in [0, 0.1) is 5.92 Å². The molecule has 0 saturated heterocycles. The minimum Gasteiger partial charge on any atom is -0.382 e. The van der Waals surface area contributed by atoms with E-state index in [2.05, 4.69) is 179 Å². The van der Waals surface area contributed by atoms with Gasteiger partial charge in [0, 0.05) is 17.7 Å². The van der Waals surface area contributed by atoms with Crippen molar-refractivity contribution in [2.24, 2.45) is 5.92 Å². The van der Waals surface area contributed by atoms with Crippen LogP contribution in [0.1, 0.15) is 53.5 Å². The normalized spacial score (nSPS) is 15.1. The molecule has 1 aliphatic heterocycles. The van der Waals surface area contributed by atoms with Crippen LogP contribution in [0.5, 0.6) is 0 Å². The number of hydrogen-bond acceptors (Lipinski definition) is 1. The van der Waals surface area contributed by atoms with Gasteiger partial charge in [0.05, 0.1) is 0 Å². The number of hydrogen-bond donors (Lipinski definition) is 1. The van der Waals surface area contributed by atoms with Gasteiger partial charge >= 0.3 is 0 Å². The average Bonchev–Trinajstić information content (AvgIpc) is 3.08. The van der Waals surface area contributed by atoms with Gasteiger partial charge in [-0.3, -0.25) is 0 Å². The van der Waals surface area contributed by atoms with E-state index in [1.807, 2.05) is 13.8 Å². The summed E-state index contributed by atoms with van der Waals surface area (Å²) >= 11 is 0. The SMILES string of the molecule is CC.CC/C(C)=C/C(=C\C(C)C1=CC(C)N1)c1ccccccccc1-c1c2ccccc2c(-c2ccccc2)c2ccccc12. The maximum atomic E-state index is 3.60. The van der Waals surface area contributed by atoms with Crippen LogP contribution in [0.15, 0.2) is 157 Å². The molecule has 1 heterocycles. The molecule has 1 nitrogen and oxygen atoms in total. The largest absolute Gasteiger partial charge is 0.382 e. The summed E-state index contributed by atoms with van der Waals surface area (Å²) < 4.78 is 0. The lowest BCUT2D eigenvalue weighted by Gasteiger charge is -2.29. The molecule has 0 aliphatic carbocycles. The lowest BCUT2D eigenvalue weighted by atomic mass is 9.83. The van der Waals surface area contributed by atoms with Crippen molar-refractivity contribution in [1.82, 2.24) is 5.32 Å². The molecule has 0 saturated carbocycles. The predicted molar refractivity (Wildman–Crippen MR) is 203 cm³/mol. The Morgan fingerprint density at radius 2 is 1.13 bits per heavy atom. The molecule has 0 amide bonds. The first-order valence-electron chi connectivity index (χ1n) is 16.8. The summed E-state index contributed by atoms with van der Waals surface area (Å²) in [4.78, 5) is 0. The first-order chi connectivity index (χ1) is 22.5. The van der Waals surface area contributed by atoms with E-state index < -0.39 is 0 Å². The molecular formula is C45H47N. The van der Waals surface area contributed by atoms with Crippen LogP contribution in [-0.2, 0) is 0 Å². The van der Waals surface area contributed by atoms with Crippen molar-refractivity contribution < 1.29 is 0 Å². The smallest absolute Gasteiger partial charge is 0.0432 e. The highest BCUT2D eigenvalue weighted by atomic mass is 15.0. The number of allylic oxidation sites excluding steroid dienone is 4. The van der Waals surface area contributed by atoms with Crippen LogP contribution < -0.4 is 5.32 Å². The van der Waals surface area contributed by atoms with E-state index in [4.69, 9.17) is 0 Å². The highest BCUT2D eigenvalue weighted by Gasteiger charge is 2.21. The van der Waals surface area contributed by atoms with Gasteiger partial charge in [-0.1, -0.05) is 173 Å². The van der Waals surface area contributed by atoms with Crippen LogP contribution in [0.3, 0.4) is 0 Å². The van der Waals surface area contributed by atoms with Crippen molar-refractivity contribution in [3.63, 3.8) is 0 Å². The fourth-order valence-electron chi connectivity index (χ4n) is 6.30. The third kappa shape index (κ3) is 7.00. The molecule has 5 aromatic rings. The molecule has 0 bridgehead atoms. The highest BCUT2D eigenvalue weighted by Crippen LogP contribution is 2.45. The molecule has 5 aromatic carbocycles. The zero-order valence-electron chi connectivity index (χ0n) is 28.2. The van der Waals surface area contributed by atoms with Crippen LogP contribution in [0.25, 0.3) is 49.4 Å². The molecule has 0 fully saturated rings. The van der Waals surface area contributed by atoms with E-state index in [1.54, 1.807) is 0 Å². The molecule has 2 atom stereocenters. The highest BCUT2D eigenvalue weighted by molar-refractivity contribution is 6.22. The fourth-order valence-corrected chi connectivity index (χ4v) is 6.30. The molecule has 0 radical (unpaired) electrons. The van der Waals surface area contributed by atoms with E-state index >= 15 is 0 Å². The Kier molecular flexibility index (Phi) is 10.9. The molecule has 0 spiro atoms. The van der Waals surface area contributed by atoms with Gasteiger partial charge in [-0.2, -0.15) is 0 Å². The van der Waals surface area contributed by atoms with E-state index in [-0.39, 0.29) is 5.92 Å². The van der Waals surface area contributed by atoms with Gasteiger partial charge in [0.1, 0.15) is 0 Å². The fraction of sp³-hybridized carbons (Fsp3) is 0.200. The van der Waals surface area contributed by atoms with Gasteiger partial charge < -0.3 is 5.32 Å². The molecule has 1 aliphatic rings. The molecular weight excluding hydrogens is 555 g/mol. The second-order valence-electron chi connectivity index (χ2n) is 11.8. The predicted octanol–water partition coefficient (Wildman–Crippen LogP) is 12.7. The summed E-state index contributed by atoms with van der Waals surface area (Å²) in [6.07, 6.45) is 8.17. The molecule has 1 heteroatoms. The minimum atomic E-state index is 0.271. The molecule has 232 valence electrons. The Morgan fingerprint density at radius 1 is 0.674 bits per heavy atom. The Balaban J connectivity index is 0.00000204. The number of nitrogens with one attached hydrogen (secondary N) is 1. The van der Waals surface area contributed by atoms with Crippen LogP contribution >= 0.6 is 0 Å². The first-order valence-corrected chi connectivity index (χ1v) is 16.8. The van der Waals surface area contributed by atoms with Crippen molar-refractivity contribution in [1.29, 1.82) is 0 Å². The zero-order valence-corrected chi connectivity index (χ0v) is 28.2. The Bertz CT molecular complexity index is 1900. The van der Waals surface area contributed by atoms with E-state index in [0.717, 1.165) is 6.42 Å². The van der Waals surface area contributed by atoms with Gasteiger partial charge in [-0.15, -0.1) is 0 Å². The van der Waals surface area contributed by atoms with Crippen LogP contribution in [-0.4, -0.2) is 6.04 Å². The lowest BCUT2D eigenvalue weighted by Crippen LogP contribution is -2.36. The molecule has 0 aromatic heterocycles. The lowest BCUT2D eigenvalue weighted by molar-refractivity contribution is 0.576. The Labute approximate surface area is 276 Å². The van der Waals surface area contributed by atoms with E-state index in [0.29, 0.717) is 6.04 Å². The van der Waals surface area contributed by atoms with Gasteiger partial charge in [0.2, 0.25) is 0 Å². The zero-order chi connectivity index (χ0) is 32.5. The Morgan fingerprint density at radius 3 is 1.67 bits per heavy atom. The first kappa shape index (κ1) is 32.5. The maximum Gasteiger partial charge on any atom is 0.0432 e. The van der Waals surface area contributed by atoms with Crippen molar-refractivity contribution in [2.75, 3.05) is 0 Å². The van der Waals surface area contributed by atoms with E-state index in [1.165, 1.54) is 66.2 Å². The quantitative estimate of drug-likeness (QED) is 0.145. The second-order valence-corrected chi connectivity index (χ2v) is 11.8. The molecule has 1 N–H and O–H groups in total. The van der Waals surface area contributed by atoms with Crippen molar-refractivity contribution >= 4 is 27.1 Å². The third-order valence-corrected chi connectivity index (χ3v) is 8.65. The summed E-state index contributed by atoms with van der Waals surface area (Å²) in [7, 11) is 0. The van der Waals surface area contributed by atoms with E-state index in [9.17, 15) is 0 Å². The van der Waals surface area contributed by atoms with Gasteiger partial charge in [0.25, 0.3) is 0 Å². The van der Waals surface area contributed by atoms with Crippen LogP contribution in [0.2, 0.25) is 0 Å². The standard InChI is InChI=1S/C43H41N.C2H6/c1-5-30(2)27-34(28-31(3)41-29-32(4)44-41)35-21-13-8-6-7-9-14-22-36(35)43-39-25-17-15-23-37(39)42(33-19-11-10-12-20-33)38-24-16-18-26-40(38)43;1-2/h6-29,31-32,44H,5H2,1-4H3;1-2H3/b7-6?,8-6?,9-7?,13-8?,14-9?,21-13?,22-14?,30-27+,34-28+,35-21?,36-22?,36-35?;. The number of fused-ring (bicyclic) bond motifs is 2. The summed E-state index contributed by atoms with van der Waals surface area (Å²) in [5, 5.41) is 8.64. The molecule has 46 heavy (non-hydrogen) atoms.